The van der Waals surface area contributed by atoms with Crippen molar-refractivity contribution >= 4 is 11.6 Å². The third-order valence-corrected chi connectivity index (χ3v) is 6.37. The maximum Gasteiger partial charge on any atom is 0.268 e. The molecule has 2 heterocycles. The molecular formula is C19H25N3O. The van der Waals surface area contributed by atoms with Crippen LogP contribution < -0.4 is 5.32 Å². The molecule has 3 fully saturated rings. The van der Waals surface area contributed by atoms with Gasteiger partial charge in [0.15, 0.2) is 0 Å². The van der Waals surface area contributed by atoms with E-state index < -0.39 is 0 Å². The number of aryl methyl sites for hydroxylation is 1. The van der Waals surface area contributed by atoms with Crippen molar-refractivity contribution in [2.45, 2.75) is 40.0 Å². The highest BCUT2D eigenvalue weighted by Gasteiger charge is 2.53. The molecule has 0 aliphatic heterocycles. The van der Waals surface area contributed by atoms with Crippen LogP contribution >= 0.6 is 0 Å². The molecule has 3 aliphatic rings. The van der Waals surface area contributed by atoms with E-state index in [9.17, 15) is 4.79 Å². The van der Waals surface area contributed by atoms with Gasteiger partial charge >= 0.3 is 0 Å². The van der Waals surface area contributed by atoms with Crippen LogP contribution in [0.4, 0.5) is 0 Å². The van der Waals surface area contributed by atoms with Gasteiger partial charge in [-0.3, -0.25) is 9.20 Å². The molecule has 5 rings (SSSR count). The lowest BCUT2D eigenvalue weighted by Crippen LogP contribution is -2.54. The zero-order valence-electron chi connectivity index (χ0n) is 14.2. The predicted molar refractivity (Wildman–Crippen MR) is 90.4 cm³/mol. The second-order valence-electron chi connectivity index (χ2n) is 7.93. The van der Waals surface area contributed by atoms with E-state index in [0.29, 0.717) is 17.0 Å². The molecule has 3 saturated carbocycles. The summed E-state index contributed by atoms with van der Waals surface area (Å²) in [5.41, 5.74) is 2.90. The van der Waals surface area contributed by atoms with Gasteiger partial charge in [-0.05, 0) is 61.5 Å². The third kappa shape index (κ3) is 2.27. The molecule has 2 aromatic heterocycles. The molecule has 0 unspecified atom stereocenters. The molecule has 0 spiro atoms. The number of nitrogens with one attached hydrogen (secondary N) is 1. The molecule has 1 amide bonds. The number of rotatable bonds is 3. The predicted octanol–water partition coefficient (Wildman–Crippen LogP) is 3.44. The largest absolute Gasteiger partial charge is 0.350 e. The SMILES string of the molecule is Cc1cn2c(C(=O)NC[C@H]3CC[C@H]4C[C@@H]3C4(C)C)cccc2n1. The molecule has 0 saturated heterocycles. The number of carbonyl (C=O) groups excluding carboxylic acids is 1. The highest BCUT2D eigenvalue weighted by atomic mass is 16.1. The van der Waals surface area contributed by atoms with Crippen LogP contribution in [0.5, 0.6) is 0 Å². The van der Waals surface area contributed by atoms with Gasteiger partial charge < -0.3 is 5.32 Å². The van der Waals surface area contributed by atoms with Crippen LogP contribution in [0.2, 0.25) is 0 Å². The first-order valence-electron chi connectivity index (χ1n) is 8.69. The van der Waals surface area contributed by atoms with Gasteiger partial charge in [0.05, 0.1) is 5.69 Å². The van der Waals surface area contributed by atoms with E-state index in [1.165, 1.54) is 19.3 Å². The second-order valence-corrected chi connectivity index (χ2v) is 7.93. The van der Waals surface area contributed by atoms with E-state index in [-0.39, 0.29) is 5.91 Å². The summed E-state index contributed by atoms with van der Waals surface area (Å²) in [4.78, 5) is 17.1. The van der Waals surface area contributed by atoms with Crippen molar-refractivity contribution in [3.8, 4) is 0 Å². The van der Waals surface area contributed by atoms with Gasteiger partial charge in [0.1, 0.15) is 11.3 Å². The fraction of sp³-hybridized carbons (Fsp3) is 0.579. The van der Waals surface area contributed by atoms with E-state index in [1.807, 2.05) is 35.7 Å². The van der Waals surface area contributed by atoms with Gasteiger partial charge in [0.25, 0.3) is 5.91 Å². The number of fused-ring (bicyclic) bond motifs is 3. The molecule has 3 aliphatic carbocycles. The Bertz CT molecular complexity index is 759. The van der Waals surface area contributed by atoms with E-state index in [1.54, 1.807) is 0 Å². The number of imidazole rings is 1. The molecule has 2 aromatic rings. The Morgan fingerprint density at radius 1 is 1.39 bits per heavy atom. The minimum atomic E-state index is 0.00672. The number of hydrogen-bond acceptors (Lipinski definition) is 2. The summed E-state index contributed by atoms with van der Waals surface area (Å²) in [5.74, 6) is 2.31. The van der Waals surface area contributed by atoms with Crippen molar-refractivity contribution in [2.24, 2.45) is 23.2 Å². The topological polar surface area (TPSA) is 46.4 Å². The summed E-state index contributed by atoms with van der Waals surface area (Å²) in [5, 5.41) is 3.18. The van der Waals surface area contributed by atoms with Crippen LogP contribution in [0.15, 0.2) is 24.4 Å². The lowest BCUT2D eigenvalue weighted by molar-refractivity contribution is -0.103. The number of pyridine rings is 1. The van der Waals surface area contributed by atoms with Crippen molar-refractivity contribution in [2.75, 3.05) is 6.54 Å². The van der Waals surface area contributed by atoms with Crippen molar-refractivity contribution in [1.82, 2.24) is 14.7 Å². The zero-order chi connectivity index (χ0) is 16.2. The Kier molecular flexibility index (Phi) is 3.26. The summed E-state index contributed by atoms with van der Waals surface area (Å²) >= 11 is 0. The smallest absolute Gasteiger partial charge is 0.268 e. The van der Waals surface area contributed by atoms with Crippen LogP contribution in [0.25, 0.3) is 5.65 Å². The minimum absolute atomic E-state index is 0.00672. The Morgan fingerprint density at radius 3 is 2.96 bits per heavy atom. The fourth-order valence-electron chi connectivity index (χ4n) is 4.84. The van der Waals surface area contributed by atoms with Gasteiger partial charge in [-0.15, -0.1) is 0 Å². The molecule has 4 heteroatoms. The number of aromatic nitrogens is 2. The zero-order valence-corrected chi connectivity index (χ0v) is 14.2. The maximum atomic E-state index is 12.6. The van der Waals surface area contributed by atoms with Crippen LogP contribution in [0, 0.1) is 30.1 Å². The first-order chi connectivity index (χ1) is 11.0. The summed E-state index contributed by atoms with van der Waals surface area (Å²) in [6.07, 6.45) is 5.85. The maximum absolute atomic E-state index is 12.6. The average molecular weight is 311 g/mol. The van der Waals surface area contributed by atoms with Crippen molar-refractivity contribution < 1.29 is 4.79 Å². The van der Waals surface area contributed by atoms with Gasteiger partial charge in [0.2, 0.25) is 0 Å². The van der Waals surface area contributed by atoms with Gasteiger partial charge in [-0.25, -0.2) is 4.98 Å². The highest BCUT2D eigenvalue weighted by Crippen LogP contribution is 2.61. The van der Waals surface area contributed by atoms with Crippen LogP contribution in [0.1, 0.15) is 49.3 Å². The molecular weight excluding hydrogens is 286 g/mol. The molecule has 2 bridgehead atoms. The fourth-order valence-corrected chi connectivity index (χ4v) is 4.84. The molecule has 122 valence electrons. The lowest BCUT2D eigenvalue weighted by atomic mass is 9.45. The molecule has 1 N–H and O–H groups in total. The minimum Gasteiger partial charge on any atom is -0.350 e. The van der Waals surface area contributed by atoms with Gasteiger partial charge in [0, 0.05) is 12.7 Å². The first kappa shape index (κ1) is 14.7. The Morgan fingerprint density at radius 2 is 2.22 bits per heavy atom. The average Bonchev–Trinajstić information content (AvgIpc) is 2.92. The van der Waals surface area contributed by atoms with Crippen molar-refractivity contribution in [3.05, 3.63) is 35.8 Å². The van der Waals surface area contributed by atoms with Crippen LogP contribution in [0.3, 0.4) is 0 Å². The summed E-state index contributed by atoms with van der Waals surface area (Å²) in [6, 6.07) is 5.70. The summed E-state index contributed by atoms with van der Waals surface area (Å²) in [7, 11) is 0. The molecule has 23 heavy (non-hydrogen) atoms. The lowest BCUT2D eigenvalue weighted by Gasteiger charge is -2.60. The molecule has 4 nitrogen and oxygen atoms in total. The van der Waals surface area contributed by atoms with E-state index in [0.717, 1.165) is 29.7 Å². The first-order valence-corrected chi connectivity index (χ1v) is 8.69. The highest BCUT2D eigenvalue weighted by molar-refractivity contribution is 5.93. The Labute approximate surface area is 137 Å². The molecule has 0 aromatic carbocycles. The van der Waals surface area contributed by atoms with E-state index >= 15 is 0 Å². The molecule has 0 radical (unpaired) electrons. The summed E-state index contributed by atoms with van der Waals surface area (Å²) in [6.45, 7) is 7.54. The Hall–Kier alpha value is -1.84. The standard InChI is InChI=1S/C19H25N3O/c1-12-11-22-16(5-4-6-17(22)21-12)18(23)20-10-13-7-8-14-9-15(13)19(14,2)3/h4-6,11,13-15H,7-10H2,1-3H3,(H,20,23)/t13-,14+,15+/m1/s1. The van der Waals surface area contributed by atoms with Gasteiger partial charge in [-0.1, -0.05) is 19.9 Å². The van der Waals surface area contributed by atoms with Crippen LogP contribution in [-0.4, -0.2) is 21.8 Å². The monoisotopic (exact) mass is 311 g/mol. The number of carbonyl (C=O) groups is 1. The van der Waals surface area contributed by atoms with Crippen molar-refractivity contribution in [3.63, 3.8) is 0 Å². The third-order valence-electron chi connectivity index (χ3n) is 6.37. The molecule has 3 atom stereocenters. The summed E-state index contributed by atoms with van der Waals surface area (Å²) < 4.78 is 1.88. The number of hydrogen-bond donors (Lipinski definition) is 1. The van der Waals surface area contributed by atoms with E-state index in [2.05, 4.69) is 24.1 Å². The second kappa shape index (κ2) is 5.08. The number of amides is 1. The number of nitrogens with zero attached hydrogens (tertiary/aromatic N) is 2. The normalized spacial score (nSPS) is 28.4. The van der Waals surface area contributed by atoms with Crippen molar-refractivity contribution in [1.29, 1.82) is 0 Å². The van der Waals surface area contributed by atoms with Crippen LogP contribution in [-0.2, 0) is 0 Å². The van der Waals surface area contributed by atoms with E-state index in [4.69, 9.17) is 0 Å². The Balaban J connectivity index is 1.48. The van der Waals surface area contributed by atoms with Gasteiger partial charge in [-0.2, -0.15) is 0 Å². The quantitative estimate of drug-likeness (QED) is 0.944.